The number of carbonyl (C=O) groups excluding carboxylic acids is 2. The number of hydrogen-bond acceptors (Lipinski definition) is 7. The zero-order valence-electron chi connectivity index (χ0n) is 20.3. The Labute approximate surface area is 217 Å². The lowest BCUT2D eigenvalue weighted by atomic mass is 10.1. The summed E-state index contributed by atoms with van der Waals surface area (Å²) >= 11 is 1.26. The van der Waals surface area contributed by atoms with Crippen molar-refractivity contribution in [2.24, 2.45) is 0 Å². The fraction of sp³-hybridized carbons (Fsp3) is 0.222. The van der Waals surface area contributed by atoms with Crippen molar-refractivity contribution in [2.45, 2.75) is 19.1 Å². The fourth-order valence-electron chi connectivity index (χ4n) is 4.83. The molecule has 0 spiro atoms. The highest BCUT2D eigenvalue weighted by molar-refractivity contribution is 7.21. The van der Waals surface area contributed by atoms with E-state index in [1.807, 2.05) is 55.5 Å². The number of aromatic nitrogens is 1. The summed E-state index contributed by atoms with van der Waals surface area (Å²) < 4.78 is 11.4. The summed E-state index contributed by atoms with van der Waals surface area (Å²) in [4.78, 5) is 33.9. The van der Waals surface area contributed by atoms with E-state index in [4.69, 9.17) is 9.47 Å². The first-order valence-electron chi connectivity index (χ1n) is 11.9. The van der Waals surface area contributed by atoms with Crippen LogP contribution in [0.3, 0.4) is 0 Å². The van der Waals surface area contributed by atoms with Crippen LogP contribution in [0.15, 0.2) is 60.8 Å². The van der Waals surface area contributed by atoms with Crippen molar-refractivity contribution in [3.63, 3.8) is 0 Å². The van der Waals surface area contributed by atoms with Crippen LogP contribution in [-0.2, 0) is 4.74 Å². The van der Waals surface area contributed by atoms with Crippen molar-refractivity contribution in [2.75, 3.05) is 30.4 Å². The van der Waals surface area contributed by atoms with Crippen LogP contribution in [-0.4, -0.2) is 49.3 Å². The van der Waals surface area contributed by atoms with E-state index in [2.05, 4.69) is 20.9 Å². The van der Waals surface area contributed by atoms with Gasteiger partial charge in [-0.3, -0.25) is 9.69 Å². The third kappa shape index (κ3) is 4.18. The molecule has 3 amide bonds. The number of benzene rings is 2. The minimum Gasteiger partial charge on any atom is -0.457 e. The molecule has 0 unspecified atom stereocenters. The lowest BCUT2D eigenvalue weighted by Crippen LogP contribution is -2.43. The van der Waals surface area contributed by atoms with Crippen LogP contribution in [0.5, 0.6) is 11.5 Å². The molecule has 37 heavy (non-hydrogen) atoms. The van der Waals surface area contributed by atoms with Crippen LogP contribution >= 0.6 is 11.3 Å². The van der Waals surface area contributed by atoms with E-state index in [0.717, 1.165) is 16.7 Å². The van der Waals surface area contributed by atoms with E-state index in [9.17, 15) is 9.59 Å². The number of methoxy groups -OCH3 is 1. The molecule has 10 heteroatoms. The molecule has 0 aliphatic carbocycles. The summed E-state index contributed by atoms with van der Waals surface area (Å²) in [6.45, 7) is 3.23. The van der Waals surface area contributed by atoms with Crippen molar-refractivity contribution in [1.29, 1.82) is 0 Å². The Morgan fingerprint density at radius 1 is 1.11 bits per heavy atom. The molecule has 0 bridgehead atoms. The molecule has 2 aromatic heterocycles. The molecule has 0 saturated carbocycles. The van der Waals surface area contributed by atoms with Crippen LogP contribution in [0.4, 0.5) is 21.9 Å². The maximum atomic E-state index is 13.4. The first-order chi connectivity index (χ1) is 18.0. The summed E-state index contributed by atoms with van der Waals surface area (Å²) in [5.74, 6) is 1.16. The highest BCUT2D eigenvalue weighted by atomic mass is 32.1. The maximum Gasteiger partial charge on any atom is 0.331 e. The van der Waals surface area contributed by atoms with Gasteiger partial charge in [0.15, 0.2) is 0 Å². The van der Waals surface area contributed by atoms with Crippen molar-refractivity contribution in [3.8, 4) is 11.5 Å². The number of nitrogens with one attached hydrogen (secondary N) is 3. The predicted octanol–water partition coefficient (Wildman–Crippen LogP) is 4.80. The molecule has 9 nitrogen and oxygen atoms in total. The van der Waals surface area contributed by atoms with Gasteiger partial charge in [0.05, 0.1) is 34.6 Å². The lowest BCUT2D eigenvalue weighted by molar-refractivity contribution is 0.0783. The number of thiophene rings is 1. The van der Waals surface area contributed by atoms with Crippen molar-refractivity contribution < 1.29 is 19.1 Å². The van der Waals surface area contributed by atoms with Crippen molar-refractivity contribution in [3.05, 3.63) is 71.2 Å². The Morgan fingerprint density at radius 3 is 2.73 bits per heavy atom. The number of ether oxygens (including phenoxy) is 2. The fourth-order valence-corrected chi connectivity index (χ4v) is 5.85. The molecule has 4 aromatic rings. The van der Waals surface area contributed by atoms with Gasteiger partial charge in [0.1, 0.15) is 21.2 Å². The van der Waals surface area contributed by atoms with Gasteiger partial charge < -0.3 is 25.4 Å². The van der Waals surface area contributed by atoms with E-state index < -0.39 is 0 Å². The summed E-state index contributed by atoms with van der Waals surface area (Å²) in [6, 6.07) is 16.4. The second kappa shape index (κ2) is 9.47. The maximum absolute atomic E-state index is 13.4. The van der Waals surface area contributed by atoms with Gasteiger partial charge in [-0.1, -0.05) is 18.2 Å². The lowest BCUT2D eigenvalue weighted by Gasteiger charge is -2.29. The number of anilines is 3. The predicted molar refractivity (Wildman–Crippen MR) is 143 cm³/mol. The summed E-state index contributed by atoms with van der Waals surface area (Å²) in [6.07, 6.45) is 1.56. The molecule has 4 heterocycles. The van der Waals surface area contributed by atoms with Gasteiger partial charge in [-0.25, -0.2) is 9.78 Å². The monoisotopic (exact) mass is 515 g/mol. The number of rotatable bonds is 6. The Bertz CT molecular complexity index is 1510. The van der Waals surface area contributed by atoms with Crippen LogP contribution in [0.2, 0.25) is 0 Å². The molecule has 2 aliphatic rings. The van der Waals surface area contributed by atoms with Gasteiger partial charge in [-0.05, 0) is 48.9 Å². The number of urea groups is 1. The Balaban J connectivity index is 1.34. The number of aryl methyl sites for hydroxylation is 1. The first kappa shape index (κ1) is 23.4. The molecule has 188 valence electrons. The molecule has 2 atom stereocenters. The summed E-state index contributed by atoms with van der Waals surface area (Å²) in [5.41, 5.74) is 2.75. The third-order valence-corrected chi connectivity index (χ3v) is 7.71. The molecule has 1 fully saturated rings. The average Bonchev–Trinajstić information content (AvgIpc) is 3.50. The molecule has 1 saturated heterocycles. The third-order valence-electron chi connectivity index (χ3n) is 6.62. The molecule has 6 rings (SSSR count). The standard InChI is InChI=1S/C27H25N5O4S/c1-15-12-17(36-16-6-4-3-5-7-16)8-9-19(15)32-20-10-11-29-26-22(20)23(31-27(32)34)24(37-26)25(33)30-18-13-28-14-21(18)35-2/h3-12,18,21,28H,13-14H2,1-2H3,(H,30,33)(H,31,34)/t18-,21-/m0/s1. The number of nitrogens with zero attached hydrogens (tertiary/aromatic N) is 2. The normalized spacial score (nSPS) is 18.6. The quantitative estimate of drug-likeness (QED) is 0.341. The number of para-hydroxylation sites is 1. The minimum atomic E-state index is -0.343. The van der Waals surface area contributed by atoms with E-state index >= 15 is 0 Å². The Kier molecular flexibility index (Phi) is 5.99. The molecular weight excluding hydrogens is 490 g/mol. The minimum absolute atomic E-state index is 0.106. The second-order valence-corrected chi connectivity index (χ2v) is 9.96. The zero-order valence-corrected chi connectivity index (χ0v) is 21.1. The van der Waals surface area contributed by atoms with Gasteiger partial charge >= 0.3 is 6.03 Å². The van der Waals surface area contributed by atoms with E-state index in [1.165, 1.54) is 11.3 Å². The molecule has 0 radical (unpaired) electrons. The largest absolute Gasteiger partial charge is 0.457 e. The topological polar surface area (TPSA) is 105 Å². The SMILES string of the molecule is CO[C@H]1CNC[C@@H]1NC(=O)c1sc2nccc3c2c1NC(=O)N3c1ccc(Oc2ccccc2)cc1C. The number of carbonyl (C=O) groups is 2. The highest BCUT2D eigenvalue weighted by Gasteiger charge is 2.35. The van der Waals surface area contributed by atoms with E-state index in [1.54, 1.807) is 24.3 Å². The Hall–Kier alpha value is -3.99. The smallest absolute Gasteiger partial charge is 0.331 e. The highest BCUT2D eigenvalue weighted by Crippen LogP contribution is 2.46. The van der Waals surface area contributed by atoms with Crippen molar-refractivity contribution in [1.82, 2.24) is 15.6 Å². The zero-order chi connectivity index (χ0) is 25.5. The molecular formula is C27H25N5O4S. The second-order valence-electron chi connectivity index (χ2n) is 8.96. The van der Waals surface area contributed by atoms with Crippen molar-refractivity contribution >= 4 is 50.6 Å². The first-order valence-corrected chi connectivity index (χ1v) is 12.8. The molecule has 3 N–H and O–H groups in total. The van der Waals surface area contributed by atoms with Gasteiger partial charge in [-0.15, -0.1) is 11.3 Å². The number of hydrogen-bond donors (Lipinski definition) is 3. The summed E-state index contributed by atoms with van der Waals surface area (Å²) in [7, 11) is 1.63. The molecule has 2 aliphatic heterocycles. The average molecular weight is 516 g/mol. The van der Waals surface area contributed by atoms with E-state index in [0.29, 0.717) is 45.6 Å². The number of amides is 3. The van der Waals surface area contributed by atoms with Gasteiger partial charge in [0, 0.05) is 26.4 Å². The van der Waals surface area contributed by atoms with Crippen LogP contribution in [0.1, 0.15) is 15.2 Å². The van der Waals surface area contributed by atoms with Crippen LogP contribution in [0, 0.1) is 6.92 Å². The molecule has 2 aromatic carbocycles. The van der Waals surface area contributed by atoms with Crippen LogP contribution in [0.25, 0.3) is 10.2 Å². The number of pyridine rings is 1. The van der Waals surface area contributed by atoms with Gasteiger partial charge in [0.2, 0.25) is 0 Å². The van der Waals surface area contributed by atoms with Crippen LogP contribution < -0.4 is 25.6 Å². The van der Waals surface area contributed by atoms with Gasteiger partial charge in [0.25, 0.3) is 5.91 Å². The Morgan fingerprint density at radius 2 is 1.95 bits per heavy atom. The summed E-state index contributed by atoms with van der Waals surface area (Å²) in [5, 5.41) is 9.97. The van der Waals surface area contributed by atoms with Gasteiger partial charge in [-0.2, -0.15) is 0 Å². The van der Waals surface area contributed by atoms with E-state index in [-0.39, 0.29) is 24.1 Å².